The first-order valence-corrected chi connectivity index (χ1v) is 5.32. The van der Waals surface area contributed by atoms with E-state index in [0.29, 0.717) is 0 Å². The molecule has 1 aliphatic heterocycles. The first kappa shape index (κ1) is 8.93. The number of hydrazine groups is 1. The fraction of sp³-hybridized carbons (Fsp3) is 0.625. The molecule has 0 spiro atoms. The summed E-state index contributed by atoms with van der Waals surface area (Å²) in [5.41, 5.74) is 3.83. The Morgan fingerprint density at radius 1 is 1.69 bits per heavy atom. The summed E-state index contributed by atoms with van der Waals surface area (Å²) >= 11 is 1.67. The SMILES string of the molecule is CCN1CCc2nc(NN)sc2C1. The van der Waals surface area contributed by atoms with Crippen LogP contribution in [-0.4, -0.2) is 23.0 Å². The highest BCUT2D eigenvalue weighted by Crippen LogP contribution is 2.27. The monoisotopic (exact) mass is 198 g/mol. The normalized spacial score (nSPS) is 17.1. The third-order valence-corrected chi connectivity index (χ3v) is 3.39. The zero-order valence-electron chi connectivity index (χ0n) is 7.71. The summed E-state index contributed by atoms with van der Waals surface area (Å²) in [7, 11) is 0. The fourth-order valence-electron chi connectivity index (χ4n) is 1.58. The van der Waals surface area contributed by atoms with E-state index < -0.39 is 0 Å². The molecule has 72 valence electrons. The van der Waals surface area contributed by atoms with Gasteiger partial charge in [-0.2, -0.15) is 0 Å². The molecular weight excluding hydrogens is 184 g/mol. The van der Waals surface area contributed by atoms with Crippen molar-refractivity contribution >= 4 is 16.5 Å². The summed E-state index contributed by atoms with van der Waals surface area (Å²) in [5.74, 6) is 5.31. The molecule has 2 heterocycles. The fourth-order valence-corrected chi connectivity index (χ4v) is 2.54. The second-order valence-corrected chi connectivity index (χ2v) is 4.24. The van der Waals surface area contributed by atoms with E-state index in [1.807, 2.05) is 0 Å². The summed E-state index contributed by atoms with van der Waals surface area (Å²) in [6.07, 6.45) is 1.06. The number of fused-ring (bicyclic) bond motifs is 1. The number of likely N-dealkylation sites (N-methyl/N-ethyl adjacent to an activating group) is 1. The van der Waals surface area contributed by atoms with E-state index in [4.69, 9.17) is 5.84 Å². The van der Waals surface area contributed by atoms with Gasteiger partial charge in [-0.15, -0.1) is 0 Å². The zero-order valence-corrected chi connectivity index (χ0v) is 8.52. The highest BCUT2D eigenvalue weighted by atomic mass is 32.1. The molecule has 5 heteroatoms. The maximum Gasteiger partial charge on any atom is 0.197 e. The maximum atomic E-state index is 5.31. The highest BCUT2D eigenvalue weighted by Gasteiger charge is 2.18. The van der Waals surface area contributed by atoms with Crippen LogP contribution in [0.1, 0.15) is 17.5 Å². The number of rotatable bonds is 2. The number of hydrogen-bond acceptors (Lipinski definition) is 5. The molecule has 0 bridgehead atoms. The summed E-state index contributed by atoms with van der Waals surface area (Å²) in [4.78, 5) is 8.17. The molecule has 0 unspecified atom stereocenters. The molecule has 0 aliphatic carbocycles. The molecule has 0 aromatic carbocycles. The predicted molar refractivity (Wildman–Crippen MR) is 54.6 cm³/mol. The Balaban J connectivity index is 2.19. The molecule has 0 radical (unpaired) electrons. The number of aromatic nitrogens is 1. The van der Waals surface area contributed by atoms with Crippen LogP contribution < -0.4 is 11.3 Å². The van der Waals surface area contributed by atoms with Gasteiger partial charge in [-0.25, -0.2) is 10.8 Å². The number of nitrogen functional groups attached to an aromatic ring is 1. The van der Waals surface area contributed by atoms with Crippen LogP contribution in [0.25, 0.3) is 0 Å². The third kappa shape index (κ3) is 1.67. The van der Waals surface area contributed by atoms with E-state index in [-0.39, 0.29) is 0 Å². The van der Waals surface area contributed by atoms with Gasteiger partial charge >= 0.3 is 0 Å². The van der Waals surface area contributed by atoms with Crippen LogP contribution in [0.15, 0.2) is 0 Å². The number of hydrogen-bond donors (Lipinski definition) is 2. The van der Waals surface area contributed by atoms with Gasteiger partial charge in [0.2, 0.25) is 0 Å². The number of nitrogens with zero attached hydrogens (tertiary/aromatic N) is 2. The van der Waals surface area contributed by atoms with E-state index in [0.717, 1.165) is 31.2 Å². The standard InChI is InChI=1S/C8H14N4S/c1-2-12-4-3-6-7(5-12)13-8(10-6)11-9/h2-5,9H2,1H3,(H,10,11). The van der Waals surface area contributed by atoms with Crippen LogP contribution in [0.5, 0.6) is 0 Å². The van der Waals surface area contributed by atoms with Gasteiger partial charge in [0.05, 0.1) is 5.69 Å². The summed E-state index contributed by atoms with van der Waals surface area (Å²) in [6, 6.07) is 0. The molecule has 3 N–H and O–H groups in total. The molecule has 0 atom stereocenters. The lowest BCUT2D eigenvalue weighted by Crippen LogP contribution is -2.29. The second-order valence-electron chi connectivity index (χ2n) is 3.15. The summed E-state index contributed by atoms with van der Waals surface area (Å²) < 4.78 is 0. The van der Waals surface area contributed by atoms with E-state index in [9.17, 15) is 0 Å². The molecule has 1 aromatic rings. The van der Waals surface area contributed by atoms with E-state index >= 15 is 0 Å². The summed E-state index contributed by atoms with van der Waals surface area (Å²) in [6.45, 7) is 5.46. The van der Waals surface area contributed by atoms with Crippen molar-refractivity contribution in [3.63, 3.8) is 0 Å². The van der Waals surface area contributed by atoms with Crippen molar-refractivity contribution in [2.45, 2.75) is 19.9 Å². The number of nitrogens with two attached hydrogens (primary N) is 1. The van der Waals surface area contributed by atoms with Gasteiger partial charge < -0.3 is 0 Å². The van der Waals surface area contributed by atoms with Crippen LogP contribution in [0, 0.1) is 0 Å². The first-order valence-electron chi connectivity index (χ1n) is 4.51. The average molecular weight is 198 g/mol. The van der Waals surface area contributed by atoms with E-state index in [1.165, 1.54) is 10.6 Å². The Morgan fingerprint density at radius 2 is 2.54 bits per heavy atom. The number of thiazole rings is 1. The van der Waals surface area contributed by atoms with Gasteiger partial charge in [0.15, 0.2) is 5.13 Å². The lowest BCUT2D eigenvalue weighted by molar-refractivity contribution is 0.270. The molecule has 0 amide bonds. The molecule has 0 saturated carbocycles. The second kappa shape index (κ2) is 3.61. The molecule has 0 fully saturated rings. The third-order valence-electron chi connectivity index (χ3n) is 2.38. The Hall–Kier alpha value is -0.650. The Labute approximate surface area is 81.7 Å². The summed E-state index contributed by atoms with van der Waals surface area (Å²) in [5, 5.41) is 0.836. The van der Waals surface area contributed by atoms with Crippen molar-refractivity contribution in [2.75, 3.05) is 18.5 Å². The quantitative estimate of drug-likeness (QED) is 0.545. The van der Waals surface area contributed by atoms with Crippen molar-refractivity contribution in [1.29, 1.82) is 0 Å². The molecule has 1 aliphatic rings. The average Bonchev–Trinajstić information content (AvgIpc) is 2.58. The van der Waals surface area contributed by atoms with Crippen molar-refractivity contribution in [2.24, 2.45) is 5.84 Å². The van der Waals surface area contributed by atoms with Gasteiger partial charge in [-0.3, -0.25) is 10.3 Å². The van der Waals surface area contributed by atoms with Crippen molar-refractivity contribution < 1.29 is 0 Å². The van der Waals surface area contributed by atoms with Gasteiger partial charge in [-0.05, 0) is 6.54 Å². The lowest BCUT2D eigenvalue weighted by Gasteiger charge is -2.23. The molecule has 1 aromatic heterocycles. The van der Waals surface area contributed by atoms with Crippen LogP contribution in [-0.2, 0) is 13.0 Å². The first-order chi connectivity index (χ1) is 6.33. The van der Waals surface area contributed by atoms with Crippen molar-refractivity contribution in [1.82, 2.24) is 9.88 Å². The molecule has 4 nitrogen and oxygen atoms in total. The molecule has 0 saturated heterocycles. The maximum absolute atomic E-state index is 5.31. The Bertz CT molecular complexity index is 296. The van der Waals surface area contributed by atoms with Crippen LogP contribution in [0.4, 0.5) is 5.13 Å². The van der Waals surface area contributed by atoms with Gasteiger partial charge in [0.1, 0.15) is 0 Å². The minimum Gasteiger partial charge on any atom is -0.300 e. The number of nitrogens with one attached hydrogen (secondary N) is 1. The lowest BCUT2D eigenvalue weighted by atomic mass is 10.2. The molecular formula is C8H14N4S. The van der Waals surface area contributed by atoms with Gasteiger partial charge in [0, 0.05) is 24.4 Å². The van der Waals surface area contributed by atoms with Crippen LogP contribution in [0.2, 0.25) is 0 Å². The van der Waals surface area contributed by atoms with Crippen molar-refractivity contribution in [3.05, 3.63) is 10.6 Å². The number of anilines is 1. The zero-order chi connectivity index (χ0) is 9.26. The molecule has 13 heavy (non-hydrogen) atoms. The van der Waals surface area contributed by atoms with E-state index in [2.05, 4.69) is 22.2 Å². The van der Waals surface area contributed by atoms with Gasteiger partial charge in [0.25, 0.3) is 0 Å². The Kier molecular flexibility index (Phi) is 2.48. The highest BCUT2D eigenvalue weighted by molar-refractivity contribution is 7.15. The van der Waals surface area contributed by atoms with Crippen LogP contribution >= 0.6 is 11.3 Å². The van der Waals surface area contributed by atoms with Gasteiger partial charge in [-0.1, -0.05) is 18.3 Å². The molecule has 2 rings (SSSR count). The Morgan fingerprint density at radius 3 is 3.23 bits per heavy atom. The largest absolute Gasteiger partial charge is 0.300 e. The van der Waals surface area contributed by atoms with Crippen molar-refractivity contribution in [3.8, 4) is 0 Å². The van der Waals surface area contributed by atoms with Crippen LogP contribution in [0.3, 0.4) is 0 Å². The van der Waals surface area contributed by atoms with E-state index in [1.54, 1.807) is 11.3 Å². The predicted octanol–water partition coefficient (Wildman–Crippen LogP) is 0.807. The minimum absolute atomic E-state index is 0.836. The minimum atomic E-state index is 0.836. The topological polar surface area (TPSA) is 54.2 Å². The smallest absolute Gasteiger partial charge is 0.197 e.